The van der Waals surface area contributed by atoms with Crippen molar-refractivity contribution in [1.29, 1.82) is 5.26 Å². The van der Waals surface area contributed by atoms with Crippen molar-refractivity contribution in [3.8, 4) is 6.07 Å². The van der Waals surface area contributed by atoms with Crippen LogP contribution in [-0.4, -0.2) is 19.7 Å². The van der Waals surface area contributed by atoms with Crippen molar-refractivity contribution in [2.24, 2.45) is 0 Å². The maximum absolute atomic E-state index is 8.77. The van der Waals surface area contributed by atoms with E-state index in [0.717, 1.165) is 18.8 Å². The van der Waals surface area contributed by atoms with Crippen molar-refractivity contribution < 1.29 is 4.74 Å². The zero-order chi connectivity index (χ0) is 14.8. The van der Waals surface area contributed by atoms with E-state index in [0.29, 0.717) is 19.6 Å². The normalized spacial score (nSPS) is 10.0. The maximum Gasteiger partial charge on any atom is 0.0717 e. The fourth-order valence-corrected chi connectivity index (χ4v) is 2.13. The maximum atomic E-state index is 8.77. The van der Waals surface area contributed by atoms with Gasteiger partial charge < -0.3 is 9.64 Å². The first-order valence-corrected chi connectivity index (χ1v) is 7.19. The third kappa shape index (κ3) is 5.29. The van der Waals surface area contributed by atoms with Crippen molar-refractivity contribution in [2.45, 2.75) is 13.0 Å². The SMILES string of the molecule is N#CCCN(CCOCc1ccccc1)c1ccccc1. The number of rotatable bonds is 8. The third-order valence-electron chi connectivity index (χ3n) is 3.23. The summed E-state index contributed by atoms with van der Waals surface area (Å²) in [6.45, 7) is 2.80. The Hall–Kier alpha value is -2.31. The molecule has 0 aromatic heterocycles. The van der Waals surface area contributed by atoms with Gasteiger partial charge in [-0.25, -0.2) is 0 Å². The first-order chi connectivity index (χ1) is 10.4. The van der Waals surface area contributed by atoms with Crippen LogP contribution >= 0.6 is 0 Å². The Morgan fingerprint density at radius 2 is 1.57 bits per heavy atom. The number of para-hydroxylation sites is 1. The molecular weight excluding hydrogens is 260 g/mol. The summed E-state index contributed by atoms with van der Waals surface area (Å²) in [5.74, 6) is 0. The van der Waals surface area contributed by atoms with E-state index in [1.807, 2.05) is 36.4 Å². The van der Waals surface area contributed by atoms with Gasteiger partial charge in [0.05, 0.1) is 25.7 Å². The van der Waals surface area contributed by atoms with Gasteiger partial charge in [0.25, 0.3) is 0 Å². The number of hydrogen-bond donors (Lipinski definition) is 0. The molecule has 2 aromatic carbocycles. The second kappa shape index (κ2) is 8.78. The Kier molecular flexibility index (Phi) is 6.31. The minimum Gasteiger partial charge on any atom is -0.375 e. The van der Waals surface area contributed by atoms with Crippen LogP contribution in [0, 0.1) is 11.3 Å². The number of benzene rings is 2. The van der Waals surface area contributed by atoms with Crippen molar-refractivity contribution in [1.82, 2.24) is 0 Å². The quantitative estimate of drug-likeness (QED) is 0.693. The molecule has 0 atom stereocenters. The molecule has 108 valence electrons. The van der Waals surface area contributed by atoms with E-state index in [1.54, 1.807) is 0 Å². The average Bonchev–Trinajstić information content (AvgIpc) is 2.56. The standard InChI is InChI=1S/C18H20N2O/c19-12-7-13-20(18-10-5-2-6-11-18)14-15-21-16-17-8-3-1-4-9-17/h1-6,8-11H,7,13-16H2. The van der Waals surface area contributed by atoms with Crippen molar-refractivity contribution in [3.05, 3.63) is 66.2 Å². The summed E-state index contributed by atoms with van der Waals surface area (Å²) >= 11 is 0. The molecule has 2 rings (SSSR count). The van der Waals surface area contributed by atoms with E-state index in [1.165, 1.54) is 5.56 Å². The minimum atomic E-state index is 0.521. The van der Waals surface area contributed by atoms with Crippen LogP contribution in [0.1, 0.15) is 12.0 Å². The lowest BCUT2D eigenvalue weighted by Crippen LogP contribution is -2.28. The highest BCUT2D eigenvalue weighted by Crippen LogP contribution is 2.13. The Balaban J connectivity index is 1.81. The Morgan fingerprint density at radius 1 is 0.905 bits per heavy atom. The van der Waals surface area contributed by atoms with Crippen LogP contribution < -0.4 is 4.90 Å². The van der Waals surface area contributed by atoms with Crippen LogP contribution in [0.5, 0.6) is 0 Å². The zero-order valence-corrected chi connectivity index (χ0v) is 12.1. The number of nitriles is 1. The van der Waals surface area contributed by atoms with Crippen LogP contribution in [0.4, 0.5) is 5.69 Å². The van der Waals surface area contributed by atoms with Crippen LogP contribution in [0.15, 0.2) is 60.7 Å². The second-order valence-corrected chi connectivity index (χ2v) is 4.77. The molecule has 21 heavy (non-hydrogen) atoms. The molecule has 0 saturated carbocycles. The number of anilines is 1. The van der Waals surface area contributed by atoms with E-state index < -0.39 is 0 Å². The van der Waals surface area contributed by atoms with E-state index in [9.17, 15) is 0 Å². The number of ether oxygens (including phenoxy) is 1. The molecule has 0 heterocycles. The minimum absolute atomic E-state index is 0.521. The second-order valence-electron chi connectivity index (χ2n) is 4.77. The highest BCUT2D eigenvalue weighted by Gasteiger charge is 2.05. The summed E-state index contributed by atoms with van der Waals surface area (Å²) in [7, 11) is 0. The molecule has 3 nitrogen and oxygen atoms in total. The van der Waals surface area contributed by atoms with Gasteiger partial charge in [0, 0.05) is 18.8 Å². The van der Waals surface area contributed by atoms with Crippen LogP contribution in [-0.2, 0) is 11.3 Å². The molecule has 0 spiro atoms. The monoisotopic (exact) mass is 280 g/mol. The van der Waals surface area contributed by atoms with Crippen molar-refractivity contribution >= 4 is 5.69 Å². The lowest BCUT2D eigenvalue weighted by Gasteiger charge is -2.23. The Labute approximate surface area is 126 Å². The smallest absolute Gasteiger partial charge is 0.0717 e. The molecule has 0 N–H and O–H groups in total. The molecule has 3 heteroatoms. The summed E-state index contributed by atoms with van der Waals surface area (Å²) in [6.07, 6.45) is 0.521. The van der Waals surface area contributed by atoms with Crippen molar-refractivity contribution in [3.63, 3.8) is 0 Å². The van der Waals surface area contributed by atoms with Gasteiger partial charge >= 0.3 is 0 Å². The van der Waals surface area contributed by atoms with E-state index in [-0.39, 0.29) is 0 Å². The van der Waals surface area contributed by atoms with Gasteiger partial charge in [-0.15, -0.1) is 0 Å². The number of nitrogens with zero attached hydrogens (tertiary/aromatic N) is 2. The summed E-state index contributed by atoms with van der Waals surface area (Å²) in [5, 5.41) is 8.77. The summed E-state index contributed by atoms with van der Waals surface area (Å²) in [6, 6.07) is 22.5. The fourth-order valence-electron chi connectivity index (χ4n) is 2.13. The molecule has 0 unspecified atom stereocenters. The fraction of sp³-hybridized carbons (Fsp3) is 0.278. The highest BCUT2D eigenvalue weighted by molar-refractivity contribution is 5.45. The third-order valence-corrected chi connectivity index (χ3v) is 3.23. The lowest BCUT2D eigenvalue weighted by atomic mass is 10.2. The lowest BCUT2D eigenvalue weighted by molar-refractivity contribution is 0.127. The molecule has 2 aromatic rings. The molecule has 0 fully saturated rings. The van der Waals surface area contributed by atoms with Gasteiger partial charge in [0.15, 0.2) is 0 Å². The van der Waals surface area contributed by atoms with Gasteiger partial charge in [-0.2, -0.15) is 5.26 Å². The predicted octanol–water partition coefficient (Wildman–Crippen LogP) is 3.62. The van der Waals surface area contributed by atoms with Crippen LogP contribution in [0.3, 0.4) is 0 Å². The van der Waals surface area contributed by atoms with Gasteiger partial charge in [0.2, 0.25) is 0 Å². The largest absolute Gasteiger partial charge is 0.375 e. The average molecular weight is 280 g/mol. The van der Waals surface area contributed by atoms with Gasteiger partial charge in [-0.1, -0.05) is 48.5 Å². The molecular formula is C18H20N2O. The van der Waals surface area contributed by atoms with E-state index in [4.69, 9.17) is 10.00 Å². The summed E-state index contributed by atoms with van der Waals surface area (Å²) < 4.78 is 5.73. The molecule has 0 amide bonds. The molecule has 0 aliphatic heterocycles. The highest BCUT2D eigenvalue weighted by atomic mass is 16.5. The van der Waals surface area contributed by atoms with Gasteiger partial charge in [-0.3, -0.25) is 0 Å². The van der Waals surface area contributed by atoms with Gasteiger partial charge in [-0.05, 0) is 17.7 Å². The van der Waals surface area contributed by atoms with Crippen LogP contribution in [0.25, 0.3) is 0 Å². The van der Waals surface area contributed by atoms with Crippen LogP contribution in [0.2, 0.25) is 0 Å². The topological polar surface area (TPSA) is 36.3 Å². The predicted molar refractivity (Wildman–Crippen MR) is 85.0 cm³/mol. The molecule has 0 saturated heterocycles. The molecule has 0 aliphatic carbocycles. The van der Waals surface area contributed by atoms with Crippen molar-refractivity contribution in [2.75, 3.05) is 24.6 Å². The van der Waals surface area contributed by atoms with E-state index >= 15 is 0 Å². The Bertz CT molecular complexity index is 548. The first-order valence-electron chi connectivity index (χ1n) is 7.19. The molecule has 0 bridgehead atoms. The number of hydrogen-bond acceptors (Lipinski definition) is 3. The van der Waals surface area contributed by atoms with Gasteiger partial charge in [0.1, 0.15) is 0 Å². The first kappa shape index (κ1) is 15.1. The zero-order valence-electron chi connectivity index (χ0n) is 12.1. The van der Waals surface area contributed by atoms with E-state index in [2.05, 4.69) is 35.2 Å². The summed E-state index contributed by atoms with van der Waals surface area (Å²) in [4.78, 5) is 2.19. The Morgan fingerprint density at radius 3 is 2.24 bits per heavy atom. The molecule has 0 aliphatic rings. The molecule has 0 radical (unpaired) electrons. The summed E-state index contributed by atoms with van der Waals surface area (Å²) in [5.41, 5.74) is 2.32.